The van der Waals surface area contributed by atoms with E-state index in [1.165, 1.54) is 6.92 Å². The second-order valence-electron chi connectivity index (χ2n) is 4.91. The van der Waals surface area contributed by atoms with Crippen LogP contribution in [0.25, 0.3) is 10.9 Å². The van der Waals surface area contributed by atoms with Crippen molar-refractivity contribution in [1.29, 1.82) is 0 Å². The topological polar surface area (TPSA) is 76.3 Å². The first kappa shape index (κ1) is 14.8. The van der Waals surface area contributed by atoms with Gasteiger partial charge in [-0.15, -0.1) is 0 Å². The molecule has 0 atom stereocenters. The van der Waals surface area contributed by atoms with Crippen LogP contribution in [-0.4, -0.2) is 41.3 Å². The van der Waals surface area contributed by atoms with Crippen molar-refractivity contribution in [3.63, 3.8) is 0 Å². The number of nitrogens with two attached hydrogens (primary N) is 1. The molecule has 1 aromatic carbocycles. The summed E-state index contributed by atoms with van der Waals surface area (Å²) >= 11 is 0. The molecule has 3 rings (SSSR count). The average Bonchev–Trinajstić information content (AvgIpc) is 2.50. The minimum Gasteiger partial charge on any atom is -0.383 e. The number of rotatable bonds is 2. The first-order valence-corrected chi connectivity index (χ1v) is 6.68. The molecule has 0 unspecified atom stereocenters. The third-order valence-corrected chi connectivity index (χ3v) is 3.39. The van der Waals surface area contributed by atoms with Crippen LogP contribution in [0.1, 0.15) is 5.82 Å². The molecule has 6 nitrogen and oxygen atoms in total. The quantitative estimate of drug-likeness (QED) is 0.820. The Labute approximate surface area is 124 Å². The summed E-state index contributed by atoms with van der Waals surface area (Å²) in [6, 6.07) is 0. The highest BCUT2D eigenvalue weighted by molar-refractivity contribution is 5.91. The Morgan fingerprint density at radius 1 is 1.09 bits per heavy atom. The van der Waals surface area contributed by atoms with E-state index in [1.807, 2.05) is 0 Å². The lowest BCUT2D eigenvalue weighted by Gasteiger charge is -2.28. The minimum atomic E-state index is -1.35. The zero-order valence-electron chi connectivity index (χ0n) is 11.8. The number of hydrogen-bond acceptors (Lipinski definition) is 6. The lowest BCUT2D eigenvalue weighted by Crippen LogP contribution is -2.40. The Morgan fingerprint density at radius 3 is 2.45 bits per heavy atom. The number of aromatic nitrogens is 2. The largest absolute Gasteiger partial charge is 0.383 e. The monoisotopic (exact) mass is 313 g/mol. The molecular weight excluding hydrogens is 299 g/mol. The van der Waals surface area contributed by atoms with Crippen LogP contribution in [0.2, 0.25) is 0 Å². The third kappa shape index (κ3) is 2.42. The van der Waals surface area contributed by atoms with Crippen molar-refractivity contribution in [2.75, 3.05) is 37.5 Å². The Kier molecular flexibility index (Phi) is 3.75. The van der Waals surface area contributed by atoms with Gasteiger partial charge in [-0.1, -0.05) is 0 Å². The van der Waals surface area contributed by atoms with Crippen LogP contribution in [-0.2, 0) is 4.74 Å². The number of aryl methyl sites for hydroxylation is 1. The number of hydrogen-bond donors (Lipinski definition) is 2. The van der Waals surface area contributed by atoms with Crippen LogP contribution in [0.5, 0.6) is 0 Å². The van der Waals surface area contributed by atoms with Gasteiger partial charge in [0.2, 0.25) is 0 Å². The van der Waals surface area contributed by atoms with Crippen molar-refractivity contribution >= 4 is 22.4 Å². The summed E-state index contributed by atoms with van der Waals surface area (Å²) in [4.78, 5) is 7.57. The predicted molar refractivity (Wildman–Crippen MR) is 74.6 cm³/mol. The van der Waals surface area contributed by atoms with E-state index in [0.717, 1.165) is 0 Å². The van der Waals surface area contributed by atoms with E-state index in [2.05, 4.69) is 15.4 Å². The molecule has 0 saturated carbocycles. The lowest BCUT2D eigenvalue weighted by atomic mass is 10.1. The number of hydrazine groups is 1. The second-order valence-corrected chi connectivity index (χ2v) is 4.91. The van der Waals surface area contributed by atoms with E-state index in [1.54, 1.807) is 5.01 Å². The standard InChI is InChI=1S/C13H14F3N5O/c1-6-18-11-7(13(17)19-6)8(14)9(15)12(10(11)16)20-21-2-4-22-5-3-21/h20H,2-5H2,1H3,(H2,17,18,19). The molecule has 0 radical (unpaired) electrons. The summed E-state index contributed by atoms with van der Waals surface area (Å²) < 4.78 is 48.1. The number of nitrogens with zero attached hydrogens (tertiary/aromatic N) is 3. The van der Waals surface area contributed by atoms with Crippen molar-refractivity contribution in [2.24, 2.45) is 0 Å². The third-order valence-electron chi connectivity index (χ3n) is 3.39. The van der Waals surface area contributed by atoms with Gasteiger partial charge < -0.3 is 15.9 Å². The summed E-state index contributed by atoms with van der Waals surface area (Å²) in [6.45, 7) is 3.17. The number of ether oxygens (including phenoxy) is 1. The number of nitrogen functional groups attached to an aromatic ring is 1. The zero-order valence-corrected chi connectivity index (χ0v) is 11.8. The fourth-order valence-corrected chi connectivity index (χ4v) is 2.34. The summed E-state index contributed by atoms with van der Waals surface area (Å²) in [5.74, 6) is -3.75. The molecule has 1 aromatic heterocycles. The Balaban J connectivity index is 2.14. The Hall–Kier alpha value is -2.13. The highest BCUT2D eigenvalue weighted by atomic mass is 19.2. The van der Waals surface area contributed by atoms with Crippen LogP contribution >= 0.6 is 0 Å². The van der Waals surface area contributed by atoms with Gasteiger partial charge in [0.25, 0.3) is 0 Å². The van der Waals surface area contributed by atoms with Crippen molar-refractivity contribution in [1.82, 2.24) is 15.0 Å². The maximum Gasteiger partial charge on any atom is 0.187 e. The average molecular weight is 313 g/mol. The van der Waals surface area contributed by atoms with Crippen LogP contribution in [0.4, 0.5) is 24.7 Å². The van der Waals surface area contributed by atoms with Crippen LogP contribution < -0.4 is 11.2 Å². The number of fused-ring (bicyclic) bond motifs is 1. The molecule has 0 aliphatic carbocycles. The molecule has 3 N–H and O–H groups in total. The summed E-state index contributed by atoms with van der Waals surface area (Å²) in [5.41, 5.74) is 7.17. The van der Waals surface area contributed by atoms with Crippen LogP contribution in [0, 0.1) is 24.4 Å². The van der Waals surface area contributed by atoms with Gasteiger partial charge in [-0.25, -0.2) is 28.1 Å². The van der Waals surface area contributed by atoms with Gasteiger partial charge in [0.1, 0.15) is 22.8 Å². The van der Waals surface area contributed by atoms with Gasteiger partial charge in [0.05, 0.1) is 18.6 Å². The van der Waals surface area contributed by atoms with E-state index >= 15 is 0 Å². The molecule has 0 amide bonds. The Morgan fingerprint density at radius 2 is 1.77 bits per heavy atom. The number of halogens is 3. The molecule has 22 heavy (non-hydrogen) atoms. The predicted octanol–water partition coefficient (Wildman–Crippen LogP) is 1.60. The summed E-state index contributed by atoms with van der Waals surface area (Å²) in [6.07, 6.45) is 0. The fraction of sp³-hybridized carbons (Fsp3) is 0.385. The molecule has 1 fully saturated rings. The van der Waals surface area contributed by atoms with Gasteiger partial charge in [0.15, 0.2) is 17.5 Å². The lowest BCUT2D eigenvalue weighted by molar-refractivity contribution is 0.0493. The van der Waals surface area contributed by atoms with Gasteiger partial charge in [0, 0.05) is 13.1 Å². The van der Waals surface area contributed by atoms with Crippen molar-refractivity contribution in [3.8, 4) is 0 Å². The fourth-order valence-electron chi connectivity index (χ4n) is 2.34. The van der Waals surface area contributed by atoms with Crippen LogP contribution in [0.15, 0.2) is 0 Å². The first-order valence-electron chi connectivity index (χ1n) is 6.68. The van der Waals surface area contributed by atoms with Gasteiger partial charge in [-0.3, -0.25) is 0 Å². The van der Waals surface area contributed by atoms with Gasteiger partial charge >= 0.3 is 0 Å². The maximum atomic E-state index is 14.6. The zero-order chi connectivity index (χ0) is 15.9. The SMILES string of the molecule is Cc1nc(N)c2c(F)c(F)c(NN3CCOCC3)c(F)c2n1. The molecule has 2 aromatic rings. The van der Waals surface area contributed by atoms with E-state index < -0.39 is 28.5 Å². The Bertz CT molecular complexity index is 734. The number of nitrogens with one attached hydrogen (secondary N) is 1. The highest BCUT2D eigenvalue weighted by Gasteiger charge is 2.25. The molecule has 1 saturated heterocycles. The number of morpholine rings is 1. The van der Waals surface area contributed by atoms with Crippen molar-refractivity contribution < 1.29 is 17.9 Å². The van der Waals surface area contributed by atoms with Crippen LogP contribution in [0.3, 0.4) is 0 Å². The van der Waals surface area contributed by atoms with Gasteiger partial charge in [-0.05, 0) is 6.92 Å². The molecule has 2 heterocycles. The number of benzene rings is 1. The molecule has 1 aliphatic heterocycles. The molecule has 0 spiro atoms. The van der Waals surface area contributed by atoms with E-state index in [-0.39, 0.29) is 17.2 Å². The maximum absolute atomic E-state index is 14.6. The minimum absolute atomic E-state index is 0.173. The highest BCUT2D eigenvalue weighted by Crippen LogP contribution is 2.32. The normalized spacial score (nSPS) is 16.2. The van der Waals surface area contributed by atoms with E-state index in [4.69, 9.17) is 10.5 Å². The molecule has 1 aliphatic rings. The van der Waals surface area contributed by atoms with Crippen molar-refractivity contribution in [3.05, 3.63) is 23.3 Å². The summed E-state index contributed by atoms with van der Waals surface area (Å²) in [5, 5.41) is 1.10. The first-order chi connectivity index (χ1) is 10.5. The molecule has 0 bridgehead atoms. The van der Waals surface area contributed by atoms with E-state index in [9.17, 15) is 13.2 Å². The summed E-state index contributed by atoms with van der Waals surface area (Å²) in [7, 11) is 0. The number of anilines is 2. The van der Waals surface area contributed by atoms with Crippen molar-refractivity contribution in [2.45, 2.75) is 6.92 Å². The smallest absolute Gasteiger partial charge is 0.187 e. The van der Waals surface area contributed by atoms with E-state index in [0.29, 0.717) is 26.3 Å². The molecular formula is C13H14F3N5O. The second kappa shape index (κ2) is 5.58. The van der Waals surface area contributed by atoms with Gasteiger partial charge in [-0.2, -0.15) is 0 Å². The molecule has 9 heteroatoms. The molecule has 118 valence electrons.